The summed E-state index contributed by atoms with van der Waals surface area (Å²) < 4.78 is 10.5. The van der Waals surface area contributed by atoms with Crippen LogP contribution in [-0.4, -0.2) is 31.1 Å². The molecule has 2 rings (SSSR count). The van der Waals surface area contributed by atoms with E-state index >= 15 is 0 Å². The molecule has 0 saturated heterocycles. The maximum absolute atomic E-state index is 12.4. The first-order chi connectivity index (χ1) is 13.9. The first-order valence-electron chi connectivity index (χ1n) is 9.48. The number of carbonyl (C=O) groups is 2. The van der Waals surface area contributed by atoms with E-state index in [4.69, 9.17) is 9.47 Å². The van der Waals surface area contributed by atoms with Crippen molar-refractivity contribution in [2.75, 3.05) is 24.9 Å². The fourth-order valence-electron chi connectivity index (χ4n) is 3.01. The zero-order chi connectivity index (χ0) is 21.4. The number of aliphatic hydroxyl groups excluding tert-OH is 1. The third-order valence-electron chi connectivity index (χ3n) is 4.53. The van der Waals surface area contributed by atoms with Gasteiger partial charge in [0.05, 0.1) is 20.3 Å². The lowest BCUT2D eigenvalue weighted by molar-refractivity contribution is -0.117. The van der Waals surface area contributed by atoms with E-state index in [1.54, 1.807) is 37.4 Å². The summed E-state index contributed by atoms with van der Waals surface area (Å²) in [7, 11) is 3.08. The minimum atomic E-state index is -0.849. The molecule has 2 amide bonds. The van der Waals surface area contributed by atoms with E-state index < -0.39 is 6.10 Å². The summed E-state index contributed by atoms with van der Waals surface area (Å²) in [5, 5.41) is 16.1. The Bertz CT molecular complexity index is 866. The molecule has 7 nitrogen and oxygen atoms in total. The number of carbonyl (C=O) groups excluding carboxylic acids is 2. The monoisotopic (exact) mass is 400 g/mol. The number of nitrogens with one attached hydrogen (secondary N) is 2. The van der Waals surface area contributed by atoms with Crippen LogP contribution in [0.3, 0.4) is 0 Å². The Morgan fingerprint density at radius 1 is 1.07 bits per heavy atom. The van der Waals surface area contributed by atoms with Crippen LogP contribution in [0.25, 0.3) is 0 Å². The van der Waals surface area contributed by atoms with Crippen LogP contribution < -0.4 is 20.1 Å². The molecule has 2 aromatic rings. The van der Waals surface area contributed by atoms with E-state index in [1.165, 1.54) is 14.0 Å². The van der Waals surface area contributed by atoms with E-state index in [9.17, 15) is 14.7 Å². The van der Waals surface area contributed by atoms with Gasteiger partial charge in [0, 0.05) is 36.3 Å². The number of methoxy groups -OCH3 is 2. The number of rotatable bonds is 9. The molecule has 156 valence electrons. The Morgan fingerprint density at radius 2 is 1.83 bits per heavy atom. The van der Waals surface area contributed by atoms with Gasteiger partial charge in [0.2, 0.25) is 11.8 Å². The van der Waals surface area contributed by atoms with Crippen LogP contribution in [-0.2, 0) is 16.0 Å². The lowest BCUT2D eigenvalue weighted by Gasteiger charge is -2.16. The molecule has 0 saturated carbocycles. The summed E-state index contributed by atoms with van der Waals surface area (Å²) in [5.74, 6) is 0.740. The molecule has 0 bridgehead atoms. The van der Waals surface area contributed by atoms with Crippen molar-refractivity contribution < 1.29 is 24.2 Å². The van der Waals surface area contributed by atoms with E-state index in [0.717, 1.165) is 12.0 Å². The molecule has 0 aliphatic heterocycles. The van der Waals surface area contributed by atoms with Gasteiger partial charge < -0.3 is 25.2 Å². The van der Waals surface area contributed by atoms with Gasteiger partial charge in [0.1, 0.15) is 11.5 Å². The minimum absolute atomic E-state index is 0.129. The van der Waals surface area contributed by atoms with Gasteiger partial charge in [-0.25, -0.2) is 0 Å². The van der Waals surface area contributed by atoms with Crippen LogP contribution in [0.15, 0.2) is 36.4 Å². The Kier molecular flexibility index (Phi) is 8.03. The highest BCUT2D eigenvalue weighted by molar-refractivity contribution is 5.94. The van der Waals surface area contributed by atoms with Crippen molar-refractivity contribution in [2.24, 2.45) is 0 Å². The zero-order valence-corrected chi connectivity index (χ0v) is 17.2. The van der Waals surface area contributed by atoms with Gasteiger partial charge in [-0.05, 0) is 42.7 Å². The molecule has 7 heteroatoms. The van der Waals surface area contributed by atoms with Crippen LogP contribution >= 0.6 is 0 Å². The van der Waals surface area contributed by atoms with E-state index in [2.05, 4.69) is 10.6 Å². The van der Waals surface area contributed by atoms with Crippen molar-refractivity contribution in [3.8, 4) is 11.5 Å². The fraction of sp³-hybridized carbons (Fsp3) is 0.364. The summed E-state index contributed by atoms with van der Waals surface area (Å²) in [5.41, 5.74) is 2.83. The second kappa shape index (κ2) is 10.5. The van der Waals surface area contributed by atoms with Crippen molar-refractivity contribution >= 4 is 23.2 Å². The molecule has 29 heavy (non-hydrogen) atoms. The van der Waals surface area contributed by atoms with E-state index in [0.29, 0.717) is 28.4 Å². The van der Waals surface area contributed by atoms with Crippen LogP contribution in [0.1, 0.15) is 43.9 Å². The zero-order valence-electron chi connectivity index (χ0n) is 17.2. The topological polar surface area (TPSA) is 96.9 Å². The highest BCUT2D eigenvalue weighted by atomic mass is 16.5. The van der Waals surface area contributed by atoms with Crippen LogP contribution in [0.4, 0.5) is 11.4 Å². The standard InChI is InChI=1S/C22H28N2O5/c1-5-15-6-7-16(23-14(2)25)12-19(15)24-22(27)11-10-20(26)18-9-8-17(28-3)13-21(18)29-4/h6-9,12-13,20,26H,5,10-11H2,1-4H3,(H,23,25)(H,24,27). The Balaban J connectivity index is 2.03. The number of aliphatic hydroxyl groups is 1. The predicted molar refractivity (Wildman–Crippen MR) is 112 cm³/mol. The maximum atomic E-state index is 12.4. The van der Waals surface area contributed by atoms with Gasteiger partial charge in [0.15, 0.2) is 0 Å². The molecule has 1 atom stereocenters. The third kappa shape index (κ3) is 6.22. The molecular weight excluding hydrogens is 372 g/mol. The number of aryl methyl sites for hydroxylation is 1. The molecular formula is C22H28N2O5. The number of benzene rings is 2. The molecule has 0 fully saturated rings. The summed E-state index contributed by atoms with van der Waals surface area (Å²) in [6.45, 7) is 3.42. The third-order valence-corrected chi connectivity index (χ3v) is 4.53. The molecule has 0 aromatic heterocycles. The lowest BCUT2D eigenvalue weighted by atomic mass is 10.0. The van der Waals surface area contributed by atoms with Gasteiger partial charge in [0.25, 0.3) is 0 Å². The van der Waals surface area contributed by atoms with Gasteiger partial charge in [-0.2, -0.15) is 0 Å². The molecule has 0 radical (unpaired) electrons. The van der Waals surface area contributed by atoms with Crippen molar-refractivity contribution in [3.05, 3.63) is 47.5 Å². The van der Waals surface area contributed by atoms with Crippen molar-refractivity contribution in [2.45, 2.75) is 39.2 Å². The quantitative estimate of drug-likeness (QED) is 0.597. The summed E-state index contributed by atoms with van der Waals surface area (Å²) in [6, 6.07) is 10.6. The average molecular weight is 400 g/mol. The molecule has 0 heterocycles. The summed E-state index contributed by atoms with van der Waals surface area (Å²) >= 11 is 0. The Morgan fingerprint density at radius 3 is 2.45 bits per heavy atom. The molecule has 0 aliphatic rings. The first-order valence-corrected chi connectivity index (χ1v) is 9.48. The number of hydrogen-bond donors (Lipinski definition) is 3. The number of ether oxygens (including phenoxy) is 2. The summed E-state index contributed by atoms with van der Waals surface area (Å²) in [6.07, 6.45) is 0.255. The van der Waals surface area contributed by atoms with E-state index in [1.807, 2.05) is 13.0 Å². The second-order valence-corrected chi connectivity index (χ2v) is 6.62. The summed E-state index contributed by atoms with van der Waals surface area (Å²) in [4.78, 5) is 23.7. The van der Waals surface area contributed by atoms with Gasteiger partial charge in [-0.1, -0.05) is 13.0 Å². The Labute approximate surface area is 171 Å². The molecule has 1 unspecified atom stereocenters. The molecule has 0 spiro atoms. The Hall–Kier alpha value is -3.06. The molecule has 0 aliphatic carbocycles. The second-order valence-electron chi connectivity index (χ2n) is 6.62. The van der Waals surface area contributed by atoms with Crippen molar-refractivity contribution in [1.29, 1.82) is 0 Å². The maximum Gasteiger partial charge on any atom is 0.224 e. The van der Waals surface area contributed by atoms with Crippen molar-refractivity contribution in [1.82, 2.24) is 0 Å². The number of anilines is 2. The average Bonchev–Trinajstić information content (AvgIpc) is 2.71. The SMILES string of the molecule is CCc1ccc(NC(C)=O)cc1NC(=O)CCC(O)c1ccc(OC)cc1OC. The van der Waals surface area contributed by atoms with Crippen LogP contribution in [0.5, 0.6) is 11.5 Å². The minimum Gasteiger partial charge on any atom is -0.497 e. The van der Waals surface area contributed by atoms with Crippen LogP contribution in [0.2, 0.25) is 0 Å². The van der Waals surface area contributed by atoms with Gasteiger partial charge in [-0.15, -0.1) is 0 Å². The molecule has 3 N–H and O–H groups in total. The smallest absolute Gasteiger partial charge is 0.224 e. The molecule has 2 aromatic carbocycles. The highest BCUT2D eigenvalue weighted by Crippen LogP contribution is 2.31. The lowest BCUT2D eigenvalue weighted by Crippen LogP contribution is -2.15. The van der Waals surface area contributed by atoms with Gasteiger partial charge in [-0.3, -0.25) is 9.59 Å². The van der Waals surface area contributed by atoms with Crippen LogP contribution in [0, 0.1) is 0 Å². The predicted octanol–water partition coefficient (Wildman–Crippen LogP) is 3.68. The van der Waals surface area contributed by atoms with Crippen molar-refractivity contribution in [3.63, 3.8) is 0 Å². The largest absolute Gasteiger partial charge is 0.497 e. The highest BCUT2D eigenvalue weighted by Gasteiger charge is 2.16. The van der Waals surface area contributed by atoms with E-state index in [-0.39, 0.29) is 24.7 Å². The number of hydrogen-bond acceptors (Lipinski definition) is 5. The normalized spacial score (nSPS) is 11.5. The van der Waals surface area contributed by atoms with Gasteiger partial charge >= 0.3 is 0 Å². The fourth-order valence-corrected chi connectivity index (χ4v) is 3.01. The first kappa shape index (κ1) is 22.2. The number of amides is 2.